The van der Waals surface area contributed by atoms with Crippen molar-refractivity contribution < 1.29 is 24.0 Å². The number of hydrogen-bond acceptors (Lipinski definition) is 6. The first-order chi connectivity index (χ1) is 17.0. The number of carbonyl (C=O) groups excluding carboxylic acids is 5. The van der Waals surface area contributed by atoms with Gasteiger partial charge in [-0.3, -0.25) is 29.3 Å². The molecule has 36 heavy (non-hydrogen) atoms. The van der Waals surface area contributed by atoms with Gasteiger partial charge >= 0.3 is 0 Å². The zero-order valence-corrected chi connectivity index (χ0v) is 21.4. The number of pyridine rings is 1. The Kier molecular flexibility index (Phi) is 8.81. The molecule has 1 aliphatic heterocycles. The number of ketones is 1. The number of halogens is 2. The third kappa shape index (κ3) is 6.27. The van der Waals surface area contributed by atoms with Crippen molar-refractivity contribution >= 4 is 52.6 Å². The molecule has 9 nitrogen and oxygen atoms in total. The molecule has 4 atom stereocenters. The summed E-state index contributed by atoms with van der Waals surface area (Å²) in [5, 5.41) is 7.78. The molecule has 190 valence electrons. The van der Waals surface area contributed by atoms with Crippen LogP contribution in [-0.2, 0) is 19.2 Å². The summed E-state index contributed by atoms with van der Waals surface area (Å²) >= 11 is 12.0. The number of hydrogen-bond donors (Lipinski definition) is 3. The van der Waals surface area contributed by atoms with Crippen LogP contribution in [0.15, 0.2) is 42.5 Å². The highest BCUT2D eigenvalue weighted by molar-refractivity contribution is 6.34. The van der Waals surface area contributed by atoms with Gasteiger partial charge in [-0.25, -0.2) is 4.98 Å². The van der Waals surface area contributed by atoms with E-state index in [1.165, 1.54) is 19.1 Å². The third-order valence-corrected chi connectivity index (χ3v) is 6.48. The van der Waals surface area contributed by atoms with Crippen molar-refractivity contribution in [3.8, 4) is 0 Å². The van der Waals surface area contributed by atoms with Crippen molar-refractivity contribution in [2.45, 2.75) is 39.3 Å². The summed E-state index contributed by atoms with van der Waals surface area (Å²) < 4.78 is 0. The van der Waals surface area contributed by atoms with Gasteiger partial charge in [-0.05, 0) is 23.6 Å². The lowest BCUT2D eigenvalue weighted by Crippen LogP contribution is -2.49. The van der Waals surface area contributed by atoms with Crippen molar-refractivity contribution in [3.63, 3.8) is 0 Å². The molecule has 1 fully saturated rings. The van der Waals surface area contributed by atoms with Crippen LogP contribution in [0.1, 0.15) is 49.3 Å². The van der Waals surface area contributed by atoms with Gasteiger partial charge in [0, 0.05) is 0 Å². The lowest BCUT2D eigenvalue weighted by atomic mass is 9.85. The van der Waals surface area contributed by atoms with Gasteiger partial charge in [0.2, 0.25) is 17.7 Å². The second kappa shape index (κ2) is 11.6. The third-order valence-electron chi connectivity index (χ3n) is 5.96. The van der Waals surface area contributed by atoms with Crippen LogP contribution in [-0.4, -0.2) is 40.4 Å². The van der Waals surface area contributed by atoms with Gasteiger partial charge in [-0.15, -0.1) is 0 Å². The molecule has 0 saturated carbocycles. The van der Waals surface area contributed by atoms with E-state index in [1.807, 2.05) is 0 Å². The second-order valence-electron chi connectivity index (χ2n) is 8.92. The Bertz CT molecular complexity index is 1190. The molecule has 3 N–H and O–H groups in total. The summed E-state index contributed by atoms with van der Waals surface area (Å²) in [4.78, 5) is 67.1. The fourth-order valence-corrected chi connectivity index (χ4v) is 4.32. The lowest BCUT2D eigenvalue weighted by Gasteiger charge is -2.26. The number of imide groups is 1. The number of carbonyl (C=O) groups is 5. The smallest absolute Gasteiger partial charge is 0.271 e. The lowest BCUT2D eigenvalue weighted by molar-refractivity contribution is -0.137. The zero-order chi connectivity index (χ0) is 26.6. The van der Waals surface area contributed by atoms with Crippen molar-refractivity contribution in [2.75, 3.05) is 0 Å². The Balaban J connectivity index is 1.79. The van der Waals surface area contributed by atoms with E-state index in [-0.39, 0.29) is 28.2 Å². The Hall–Kier alpha value is -3.30. The van der Waals surface area contributed by atoms with Crippen LogP contribution in [0.25, 0.3) is 0 Å². The molecule has 0 aliphatic carbocycles. The fourth-order valence-electron chi connectivity index (χ4n) is 3.99. The molecule has 2 heterocycles. The van der Waals surface area contributed by atoms with E-state index in [9.17, 15) is 24.0 Å². The van der Waals surface area contributed by atoms with E-state index in [4.69, 9.17) is 23.2 Å². The minimum Gasteiger partial charge on any atom is -0.346 e. The summed E-state index contributed by atoms with van der Waals surface area (Å²) in [5.74, 6) is -5.24. The zero-order valence-electron chi connectivity index (χ0n) is 19.9. The summed E-state index contributed by atoms with van der Waals surface area (Å²) in [6, 6.07) is 9.90. The quantitative estimate of drug-likeness (QED) is 0.258. The Morgan fingerprint density at radius 2 is 1.67 bits per heavy atom. The van der Waals surface area contributed by atoms with Crippen LogP contribution in [0.3, 0.4) is 0 Å². The predicted octanol–water partition coefficient (Wildman–Crippen LogP) is 2.87. The highest BCUT2D eigenvalue weighted by Gasteiger charge is 2.46. The fraction of sp³-hybridized carbons (Fsp3) is 0.360. The molecule has 1 aromatic carbocycles. The van der Waals surface area contributed by atoms with Crippen LogP contribution in [0.4, 0.5) is 0 Å². The van der Waals surface area contributed by atoms with Gasteiger partial charge in [0.25, 0.3) is 5.91 Å². The van der Waals surface area contributed by atoms with E-state index >= 15 is 0 Å². The maximum Gasteiger partial charge on any atom is 0.271 e. The molecule has 1 saturated heterocycles. The van der Waals surface area contributed by atoms with Gasteiger partial charge in [0.05, 0.1) is 29.4 Å². The van der Waals surface area contributed by atoms with Crippen molar-refractivity contribution in [2.24, 2.45) is 17.8 Å². The number of aromatic nitrogens is 1. The van der Waals surface area contributed by atoms with Crippen LogP contribution in [0.5, 0.6) is 0 Å². The SMILES string of the molecule is CC(C)[C@@H](NC(=O)C[C@H](NC(=O)c1nc(Cl)ccc1Cl)c1ccccc1)C(=O)[C@@H]1C(=O)NC(=O)[C@@H]1C. The number of amides is 4. The van der Waals surface area contributed by atoms with E-state index in [2.05, 4.69) is 20.9 Å². The largest absolute Gasteiger partial charge is 0.346 e. The summed E-state index contributed by atoms with van der Waals surface area (Å²) in [7, 11) is 0. The topological polar surface area (TPSA) is 134 Å². The second-order valence-corrected chi connectivity index (χ2v) is 9.71. The monoisotopic (exact) mass is 532 g/mol. The van der Waals surface area contributed by atoms with Crippen LogP contribution in [0, 0.1) is 17.8 Å². The standard InChI is InChI=1S/C25H26Cl2N4O5/c1-12(2)20(22(33)19-13(3)23(34)31-24(19)35)30-18(32)11-16(14-7-5-4-6-8-14)28-25(36)21-15(26)9-10-17(27)29-21/h4-10,12-13,16,19-20H,11H2,1-3H3,(H,28,36)(H,30,32)(H,31,34,35)/t13-,16+,19-,20-/m1/s1. The molecule has 0 bridgehead atoms. The molecule has 11 heteroatoms. The van der Waals surface area contributed by atoms with Crippen LogP contribution < -0.4 is 16.0 Å². The Morgan fingerprint density at radius 3 is 2.25 bits per heavy atom. The van der Waals surface area contributed by atoms with Crippen molar-refractivity contribution in [1.82, 2.24) is 20.9 Å². The van der Waals surface area contributed by atoms with Gasteiger partial charge < -0.3 is 10.6 Å². The molecule has 0 radical (unpaired) electrons. The highest BCUT2D eigenvalue weighted by Crippen LogP contribution is 2.24. The van der Waals surface area contributed by atoms with E-state index in [1.54, 1.807) is 44.2 Å². The van der Waals surface area contributed by atoms with Crippen LogP contribution >= 0.6 is 23.2 Å². The minimum absolute atomic E-state index is 0.0838. The molecule has 1 aromatic heterocycles. The first kappa shape index (κ1) is 27.3. The first-order valence-corrected chi connectivity index (χ1v) is 12.1. The van der Waals surface area contributed by atoms with Gasteiger partial charge in [0.15, 0.2) is 5.78 Å². The van der Waals surface area contributed by atoms with Gasteiger partial charge in [-0.2, -0.15) is 0 Å². The van der Waals surface area contributed by atoms with Crippen LogP contribution in [0.2, 0.25) is 10.2 Å². The molecule has 3 rings (SSSR count). The average Bonchev–Trinajstić information content (AvgIpc) is 3.09. The number of rotatable bonds is 9. The molecular formula is C25H26Cl2N4O5. The summed E-state index contributed by atoms with van der Waals surface area (Å²) in [6.07, 6.45) is -0.213. The van der Waals surface area contributed by atoms with Gasteiger partial charge in [-0.1, -0.05) is 74.3 Å². The van der Waals surface area contributed by atoms with Crippen molar-refractivity contribution in [3.05, 3.63) is 63.9 Å². The Morgan fingerprint density at radius 1 is 1.00 bits per heavy atom. The van der Waals surface area contributed by atoms with E-state index < -0.39 is 53.3 Å². The maximum atomic E-state index is 13.1. The molecule has 2 aromatic rings. The molecule has 1 aliphatic rings. The van der Waals surface area contributed by atoms with Crippen molar-refractivity contribution in [1.29, 1.82) is 0 Å². The summed E-state index contributed by atoms with van der Waals surface area (Å²) in [5.41, 5.74) is 0.549. The first-order valence-electron chi connectivity index (χ1n) is 11.3. The number of Topliss-reactive ketones (excluding diaryl/α,β-unsaturated/α-hetero) is 1. The molecule has 4 amide bonds. The average molecular weight is 533 g/mol. The number of nitrogens with zero attached hydrogens (tertiary/aromatic N) is 1. The normalized spacial score (nSPS) is 18.9. The number of benzene rings is 1. The summed E-state index contributed by atoms with van der Waals surface area (Å²) in [6.45, 7) is 4.95. The molecule has 0 unspecified atom stereocenters. The Labute approximate surface area is 218 Å². The molecule has 0 spiro atoms. The predicted molar refractivity (Wildman–Crippen MR) is 133 cm³/mol. The molecular weight excluding hydrogens is 507 g/mol. The minimum atomic E-state index is -1.18. The maximum absolute atomic E-state index is 13.1. The van der Waals surface area contributed by atoms with E-state index in [0.29, 0.717) is 5.56 Å². The van der Waals surface area contributed by atoms with Gasteiger partial charge in [0.1, 0.15) is 16.8 Å². The number of nitrogens with one attached hydrogen (secondary N) is 3. The highest BCUT2D eigenvalue weighted by atomic mass is 35.5. The van der Waals surface area contributed by atoms with E-state index in [0.717, 1.165) is 0 Å².